The van der Waals surface area contributed by atoms with Crippen LogP contribution in [0.1, 0.15) is 45.6 Å². The second-order valence-corrected chi connectivity index (χ2v) is 12.4. The van der Waals surface area contributed by atoms with Gasteiger partial charge >= 0.3 is 0 Å². The molecule has 190 valence electrons. The van der Waals surface area contributed by atoms with Crippen LogP contribution < -0.4 is 0 Å². The Morgan fingerprint density at radius 1 is 1.12 bits per heavy atom. The van der Waals surface area contributed by atoms with Gasteiger partial charge < -0.3 is 0 Å². The van der Waals surface area contributed by atoms with Crippen LogP contribution in [0.3, 0.4) is 0 Å². The quantitative estimate of drug-likeness (QED) is 0.0643. The average Bonchev–Trinajstić information content (AvgIpc) is 2.93. The minimum atomic E-state index is -4.03. The van der Waals surface area contributed by atoms with Crippen molar-refractivity contribution in [1.82, 2.24) is 0 Å². The summed E-state index contributed by atoms with van der Waals surface area (Å²) in [6.07, 6.45) is 6.53. The van der Waals surface area contributed by atoms with E-state index in [0.29, 0.717) is 24.3 Å². The maximum Gasteiger partial charge on any atom is 0.265 e. The molecule has 0 saturated carbocycles. The third-order valence-electron chi connectivity index (χ3n) is 5.45. The van der Waals surface area contributed by atoms with Crippen molar-refractivity contribution >= 4 is 43.7 Å². The normalized spacial score (nSPS) is 16.5. The number of hydrogen-bond acceptors (Lipinski definition) is 8. The van der Waals surface area contributed by atoms with Crippen LogP contribution in [0.15, 0.2) is 46.9 Å². The van der Waals surface area contributed by atoms with Crippen LogP contribution in [0, 0.1) is 0 Å². The lowest BCUT2D eigenvalue weighted by atomic mass is 9.81. The summed E-state index contributed by atoms with van der Waals surface area (Å²) in [4.78, 5) is 0.707. The van der Waals surface area contributed by atoms with Crippen molar-refractivity contribution in [3.63, 3.8) is 0 Å². The third kappa shape index (κ3) is 8.57. The van der Waals surface area contributed by atoms with Crippen LogP contribution in [0.2, 0.25) is 0 Å². The Hall–Kier alpha value is -1.58. The number of allylic oxidation sites excluding steroid dienone is 4. The molecule has 2 rings (SSSR count). The van der Waals surface area contributed by atoms with Gasteiger partial charge in [0.1, 0.15) is 6.54 Å². The SMILES string of the molecule is CC(=CC=CC1=[N+](CCCCS(=O)(=O)O)c2ccc(SOOO)cc2C1(C)C)CCS(=O)(=O)O. The Labute approximate surface area is 204 Å². The van der Waals surface area contributed by atoms with Crippen molar-refractivity contribution in [2.24, 2.45) is 0 Å². The number of hydrogen-bond donors (Lipinski definition) is 3. The van der Waals surface area contributed by atoms with Gasteiger partial charge in [0, 0.05) is 29.0 Å². The van der Waals surface area contributed by atoms with Crippen molar-refractivity contribution in [2.75, 3.05) is 18.1 Å². The highest BCUT2D eigenvalue weighted by Gasteiger charge is 2.44. The molecule has 0 aliphatic carbocycles. The smallest absolute Gasteiger partial charge is 0.265 e. The molecule has 0 spiro atoms. The summed E-state index contributed by atoms with van der Waals surface area (Å²) in [5.74, 6) is -0.664. The standard InChI is InChI=1S/C21H29NO9S3/c1-16(11-14-34(27,28)29)7-6-8-20-21(2,3)18-15-17(32-31-30-23)9-10-19(18)22(20)12-4-5-13-33(24,25)26/h6-10,15H,4-5,11-14H2,1-3H3,(H2-,23,24,25,26,27,28,29)/p+1. The molecule has 0 amide bonds. The maximum absolute atomic E-state index is 11.1. The van der Waals surface area contributed by atoms with Gasteiger partial charge in [0.2, 0.25) is 5.69 Å². The first-order valence-corrected chi connectivity index (χ1v) is 14.4. The van der Waals surface area contributed by atoms with Crippen LogP contribution in [-0.4, -0.2) is 59.5 Å². The summed E-state index contributed by atoms with van der Waals surface area (Å²) in [6, 6.07) is 5.62. The molecule has 1 aliphatic heterocycles. The van der Waals surface area contributed by atoms with E-state index in [1.165, 1.54) is 0 Å². The lowest BCUT2D eigenvalue weighted by Crippen LogP contribution is -2.28. The lowest BCUT2D eigenvalue weighted by molar-refractivity contribution is -0.438. The Bertz CT molecular complexity index is 1180. The van der Waals surface area contributed by atoms with Crippen LogP contribution in [0.25, 0.3) is 0 Å². The first-order chi connectivity index (χ1) is 15.7. The summed E-state index contributed by atoms with van der Waals surface area (Å²) in [6.45, 7) is 6.36. The molecule has 0 aromatic heterocycles. The molecule has 3 N–H and O–H groups in total. The lowest BCUT2D eigenvalue weighted by Gasteiger charge is -2.16. The summed E-state index contributed by atoms with van der Waals surface area (Å²) in [7, 11) is -8.06. The number of benzene rings is 1. The Balaban J connectivity index is 2.35. The zero-order chi connectivity index (χ0) is 25.6. The monoisotopic (exact) mass is 536 g/mol. The zero-order valence-corrected chi connectivity index (χ0v) is 21.6. The van der Waals surface area contributed by atoms with Crippen molar-refractivity contribution in [3.8, 4) is 0 Å². The van der Waals surface area contributed by atoms with Gasteiger partial charge in [0.05, 0.1) is 29.0 Å². The molecule has 1 aromatic rings. The van der Waals surface area contributed by atoms with Gasteiger partial charge in [-0.05, 0) is 45.7 Å². The average molecular weight is 537 g/mol. The number of unbranched alkanes of at least 4 members (excludes halogenated alkanes) is 1. The topological polar surface area (TPSA) is 150 Å². The molecule has 1 aromatic carbocycles. The molecule has 0 unspecified atom stereocenters. The van der Waals surface area contributed by atoms with E-state index in [-0.39, 0.29) is 17.9 Å². The van der Waals surface area contributed by atoms with Crippen LogP contribution >= 0.6 is 12.0 Å². The van der Waals surface area contributed by atoms with E-state index in [4.69, 9.17) is 14.4 Å². The van der Waals surface area contributed by atoms with E-state index in [9.17, 15) is 16.8 Å². The molecule has 1 heterocycles. The van der Waals surface area contributed by atoms with Crippen LogP contribution in [0.5, 0.6) is 0 Å². The molecule has 1 aliphatic rings. The second kappa shape index (κ2) is 11.9. The van der Waals surface area contributed by atoms with Gasteiger partial charge in [0.25, 0.3) is 20.2 Å². The zero-order valence-electron chi connectivity index (χ0n) is 19.2. The van der Waals surface area contributed by atoms with Crippen molar-refractivity contribution in [2.45, 2.75) is 50.3 Å². The highest BCUT2D eigenvalue weighted by molar-refractivity contribution is 7.94. The van der Waals surface area contributed by atoms with Gasteiger partial charge in [-0.25, -0.2) is 5.26 Å². The maximum atomic E-state index is 11.1. The molecule has 0 atom stereocenters. The Kier molecular flexibility index (Phi) is 10.0. The largest absolute Gasteiger partial charge is 0.286 e. The van der Waals surface area contributed by atoms with E-state index in [0.717, 1.165) is 34.6 Å². The van der Waals surface area contributed by atoms with Crippen LogP contribution in [0.4, 0.5) is 5.69 Å². The van der Waals surface area contributed by atoms with E-state index in [2.05, 4.69) is 13.9 Å². The summed E-state index contributed by atoms with van der Waals surface area (Å²) in [5.41, 5.74) is 3.19. The second-order valence-electron chi connectivity index (χ2n) is 8.47. The summed E-state index contributed by atoms with van der Waals surface area (Å²) in [5, 5.41) is 12.1. The predicted octanol–water partition coefficient (Wildman–Crippen LogP) is 3.94. The number of rotatable bonds is 13. The number of fused-ring (bicyclic) bond motifs is 1. The van der Waals surface area contributed by atoms with Crippen LogP contribution in [-0.2, 0) is 35.0 Å². The molecule has 0 saturated heterocycles. The predicted molar refractivity (Wildman–Crippen MR) is 129 cm³/mol. The fourth-order valence-corrected chi connectivity index (χ4v) is 5.28. The minimum absolute atomic E-state index is 0.203. The third-order valence-corrected chi connectivity index (χ3v) is 7.55. The van der Waals surface area contributed by atoms with Gasteiger partial charge in [-0.15, -0.1) is 4.33 Å². The van der Waals surface area contributed by atoms with E-state index < -0.39 is 25.7 Å². The van der Waals surface area contributed by atoms with Gasteiger partial charge in [-0.2, -0.15) is 21.4 Å². The Morgan fingerprint density at radius 2 is 1.79 bits per heavy atom. The first kappa shape index (κ1) is 28.7. The molecule has 0 bridgehead atoms. The molecular weight excluding hydrogens is 506 g/mol. The molecule has 0 radical (unpaired) electrons. The molecule has 34 heavy (non-hydrogen) atoms. The van der Waals surface area contributed by atoms with Crippen molar-refractivity contribution < 1.29 is 45.1 Å². The Morgan fingerprint density at radius 3 is 2.41 bits per heavy atom. The summed E-state index contributed by atoms with van der Waals surface area (Å²) < 4.78 is 68.6. The van der Waals surface area contributed by atoms with E-state index in [1.54, 1.807) is 19.1 Å². The van der Waals surface area contributed by atoms with Crippen molar-refractivity contribution in [1.29, 1.82) is 0 Å². The van der Waals surface area contributed by atoms with Gasteiger partial charge in [-0.3, -0.25) is 9.11 Å². The van der Waals surface area contributed by atoms with E-state index >= 15 is 0 Å². The minimum Gasteiger partial charge on any atom is -0.286 e. The van der Waals surface area contributed by atoms with Gasteiger partial charge in [-0.1, -0.05) is 22.8 Å². The molecular formula is C21H30NO9S3+. The fourth-order valence-electron chi connectivity index (χ4n) is 3.73. The molecule has 13 heteroatoms. The fraction of sp³-hybridized carbons (Fsp3) is 0.476. The number of nitrogens with zero attached hydrogens (tertiary/aromatic N) is 1. The highest BCUT2D eigenvalue weighted by atomic mass is 32.2. The molecule has 0 fully saturated rings. The van der Waals surface area contributed by atoms with Crippen molar-refractivity contribution in [3.05, 3.63) is 47.6 Å². The molecule has 10 nitrogen and oxygen atoms in total. The van der Waals surface area contributed by atoms with Gasteiger partial charge in [0.15, 0.2) is 5.71 Å². The summed E-state index contributed by atoms with van der Waals surface area (Å²) >= 11 is 0.852. The highest BCUT2D eigenvalue weighted by Crippen LogP contribution is 2.42. The van der Waals surface area contributed by atoms with E-state index in [1.807, 2.05) is 38.1 Å². The first-order valence-electron chi connectivity index (χ1n) is 10.4.